The van der Waals surface area contributed by atoms with E-state index in [4.69, 9.17) is 4.42 Å². The third kappa shape index (κ3) is 3.33. The summed E-state index contributed by atoms with van der Waals surface area (Å²) in [5.41, 5.74) is 0.234. The van der Waals surface area contributed by atoms with Crippen molar-refractivity contribution in [1.82, 2.24) is 19.8 Å². The molecule has 1 aliphatic rings. The van der Waals surface area contributed by atoms with Gasteiger partial charge in [0.15, 0.2) is 0 Å². The van der Waals surface area contributed by atoms with Gasteiger partial charge in [0.05, 0.1) is 5.56 Å². The summed E-state index contributed by atoms with van der Waals surface area (Å²) in [4.78, 5) is 31.5. The van der Waals surface area contributed by atoms with Crippen LogP contribution in [0, 0.1) is 6.92 Å². The highest BCUT2D eigenvalue weighted by atomic mass is 16.3. The maximum atomic E-state index is 12.6. The highest BCUT2D eigenvalue weighted by Gasteiger charge is 2.25. The van der Waals surface area contributed by atoms with E-state index in [0.29, 0.717) is 30.0 Å². The van der Waals surface area contributed by atoms with Gasteiger partial charge in [-0.15, -0.1) is 0 Å². The molecule has 3 rings (SSSR count). The minimum Gasteiger partial charge on any atom is -0.442 e. The van der Waals surface area contributed by atoms with E-state index in [1.54, 1.807) is 14.0 Å². The molecular formula is C18H26N4O3. The number of hydrogen-bond acceptors (Lipinski definition) is 5. The number of aromatic nitrogens is 2. The summed E-state index contributed by atoms with van der Waals surface area (Å²) in [6, 6.07) is 1.07. The van der Waals surface area contributed by atoms with Crippen LogP contribution in [0.5, 0.6) is 0 Å². The Labute approximate surface area is 147 Å². The van der Waals surface area contributed by atoms with Crippen molar-refractivity contribution in [3.8, 4) is 0 Å². The Kier molecular flexibility index (Phi) is 4.94. The summed E-state index contributed by atoms with van der Waals surface area (Å²) >= 11 is 0. The Bertz CT molecular complexity index is 829. The molecule has 2 atom stereocenters. The average Bonchev–Trinajstić information content (AvgIpc) is 2.90. The zero-order valence-corrected chi connectivity index (χ0v) is 15.3. The van der Waals surface area contributed by atoms with Crippen LogP contribution in [0.3, 0.4) is 0 Å². The minimum atomic E-state index is -0.279. The maximum Gasteiger partial charge on any atom is 0.265 e. The van der Waals surface area contributed by atoms with E-state index < -0.39 is 0 Å². The third-order valence-corrected chi connectivity index (χ3v) is 5.21. The van der Waals surface area contributed by atoms with Crippen LogP contribution < -0.4 is 10.9 Å². The number of aryl methyl sites for hydroxylation is 2. The standard InChI is InChI=1S/C18H26N4O3/c1-11-6-5-7-12(2)22(11)9-8-19-16(23)14-13(3)25-17-15(14)18(24)21(4)10-20-17/h10-12H,5-9H2,1-4H3,(H,19,23). The normalized spacial score (nSPS) is 21.6. The fraction of sp³-hybridized carbons (Fsp3) is 0.611. The Balaban J connectivity index is 1.74. The summed E-state index contributed by atoms with van der Waals surface area (Å²) in [6.45, 7) is 7.51. The lowest BCUT2D eigenvalue weighted by atomic mass is 9.98. The first-order chi connectivity index (χ1) is 11.9. The summed E-state index contributed by atoms with van der Waals surface area (Å²) < 4.78 is 6.84. The van der Waals surface area contributed by atoms with E-state index >= 15 is 0 Å². The van der Waals surface area contributed by atoms with Gasteiger partial charge < -0.3 is 14.3 Å². The van der Waals surface area contributed by atoms with E-state index in [0.717, 1.165) is 6.54 Å². The maximum absolute atomic E-state index is 12.6. The van der Waals surface area contributed by atoms with Crippen LogP contribution in [0.25, 0.3) is 11.1 Å². The SMILES string of the molecule is Cc1oc2ncn(C)c(=O)c2c1C(=O)NCCN1C(C)CCCC1C. The van der Waals surface area contributed by atoms with Crippen molar-refractivity contribution in [2.24, 2.45) is 7.05 Å². The van der Waals surface area contributed by atoms with E-state index in [2.05, 4.69) is 29.0 Å². The number of likely N-dealkylation sites (tertiary alicyclic amines) is 1. The molecule has 0 radical (unpaired) electrons. The second-order valence-corrected chi connectivity index (χ2v) is 7.00. The van der Waals surface area contributed by atoms with E-state index in [-0.39, 0.29) is 22.6 Å². The van der Waals surface area contributed by atoms with Crippen LogP contribution >= 0.6 is 0 Å². The van der Waals surface area contributed by atoms with E-state index in [1.807, 2.05) is 0 Å². The Morgan fingerprint density at radius 2 is 2.04 bits per heavy atom. The van der Waals surface area contributed by atoms with Gasteiger partial charge in [-0.1, -0.05) is 6.42 Å². The molecule has 1 fully saturated rings. The van der Waals surface area contributed by atoms with Crippen molar-refractivity contribution in [2.75, 3.05) is 13.1 Å². The molecule has 0 aliphatic carbocycles. The molecule has 3 heterocycles. The van der Waals surface area contributed by atoms with Gasteiger partial charge in [-0.3, -0.25) is 14.5 Å². The summed E-state index contributed by atoms with van der Waals surface area (Å²) in [5, 5.41) is 3.19. The first kappa shape index (κ1) is 17.7. The van der Waals surface area contributed by atoms with Gasteiger partial charge >= 0.3 is 0 Å². The second kappa shape index (κ2) is 7.00. The summed E-state index contributed by atoms with van der Waals surface area (Å²) in [6.07, 6.45) is 5.06. The number of fused-ring (bicyclic) bond motifs is 1. The van der Waals surface area contributed by atoms with Crippen molar-refractivity contribution in [3.63, 3.8) is 0 Å². The molecule has 25 heavy (non-hydrogen) atoms. The van der Waals surface area contributed by atoms with Gasteiger partial charge in [-0.05, 0) is 33.6 Å². The predicted molar refractivity (Wildman–Crippen MR) is 95.8 cm³/mol. The van der Waals surface area contributed by atoms with Crippen LogP contribution in [0.1, 0.15) is 49.2 Å². The summed E-state index contributed by atoms with van der Waals surface area (Å²) in [5.74, 6) is 0.140. The van der Waals surface area contributed by atoms with Crippen molar-refractivity contribution in [2.45, 2.75) is 52.1 Å². The number of furan rings is 1. The molecule has 1 N–H and O–H groups in total. The van der Waals surface area contributed by atoms with Gasteiger partial charge in [0.2, 0.25) is 5.71 Å². The molecule has 2 aromatic heterocycles. The lowest BCUT2D eigenvalue weighted by molar-refractivity contribution is 0.0889. The Hall–Kier alpha value is -2.15. The first-order valence-corrected chi connectivity index (χ1v) is 8.88. The number of carbonyl (C=O) groups is 1. The fourth-order valence-electron chi connectivity index (χ4n) is 3.76. The first-order valence-electron chi connectivity index (χ1n) is 8.88. The number of nitrogens with one attached hydrogen (secondary N) is 1. The minimum absolute atomic E-state index is 0.212. The van der Waals surface area contributed by atoms with Gasteiger partial charge in [-0.25, -0.2) is 4.98 Å². The molecule has 7 nitrogen and oxygen atoms in total. The molecule has 0 spiro atoms. The quantitative estimate of drug-likeness (QED) is 0.913. The topological polar surface area (TPSA) is 80.4 Å². The fourth-order valence-corrected chi connectivity index (χ4v) is 3.76. The van der Waals surface area contributed by atoms with Crippen LogP contribution in [0.2, 0.25) is 0 Å². The lowest BCUT2D eigenvalue weighted by Gasteiger charge is -2.39. The number of carbonyl (C=O) groups excluding carboxylic acids is 1. The summed E-state index contributed by atoms with van der Waals surface area (Å²) in [7, 11) is 1.61. The molecule has 2 unspecified atom stereocenters. The smallest absolute Gasteiger partial charge is 0.265 e. The number of amides is 1. The third-order valence-electron chi connectivity index (χ3n) is 5.21. The van der Waals surface area contributed by atoms with Gasteiger partial charge in [0.1, 0.15) is 17.5 Å². The van der Waals surface area contributed by atoms with Crippen molar-refractivity contribution < 1.29 is 9.21 Å². The Morgan fingerprint density at radius 3 is 2.72 bits per heavy atom. The highest BCUT2D eigenvalue weighted by Crippen LogP contribution is 2.22. The molecule has 2 aromatic rings. The van der Waals surface area contributed by atoms with Crippen molar-refractivity contribution >= 4 is 17.0 Å². The monoisotopic (exact) mass is 346 g/mol. The average molecular weight is 346 g/mol. The number of piperidine rings is 1. The van der Waals surface area contributed by atoms with E-state index in [9.17, 15) is 9.59 Å². The van der Waals surface area contributed by atoms with Crippen LogP contribution in [-0.4, -0.2) is 45.5 Å². The molecule has 1 amide bonds. The molecule has 1 saturated heterocycles. The van der Waals surface area contributed by atoms with Gasteiger partial charge in [0, 0.05) is 32.2 Å². The zero-order valence-electron chi connectivity index (χ0n) is 15.3. The molecule has 0 saturated carbocycles. The predicted octanol–water partition coefficient (Wildman–Crippen LogP) is 1.83. The molecule has 1 aliphatic heterocycles. The number of rotatable bonds is 4. The van der Waals surface area contributed by atoms with Crippen LogP contribution in [0.4, 0.5) is 0 Å². The zero-order chi connectivity index (χ0) is 18.1. The lowest BCUT2D eigenvalue weighted by Crippen LogP contribution is -2.47. The largest absolute Gasteiger partial charge is 0.442 e. The highest BCUT2D eigenvalue weighted by molar-refractivity contribution is 6.06. The molecular weight excluding hydrogens is 320 g/mol. The molecule has 136 valence electrons. The number of nitrogens with zero attached hydrogens (tertiary/aromatic N) is 3. The second-order valence-electron chi connectivity index (χ2n) is 7.00. The van der Waals surface area contributed by atoms with Gasteiger partial charge in [-0.2, -0.15) is 0 Å². The Morgan fingerprint density at radius 1 is 1.36 bits per heavy atom. The van der Waals surface area contributed by atoms with Crippen LogP contribution in [0.15, 0.2) is 15.5 Å². The molecule has 0 bridgehead atoms. The number of hydrogen-bond donors (Lipinski definition) is 1. The molecule has 7 heteroatoms. The van der Waals surface area contributed by atoms with E-state index in [1.165, 1.54) is 30.2 Å². The van der Waals surface area contributed by atoms with Gasteiger partial charge in [0.25, 0.3) is 11.5 Å². The van der Waals surface area contributed by atoms with Crippen molar-refractivity contribution in [1.29, 1.82) is 0 Å². The molecule has 0 aromatic carbocycles. The van der Waals surface area contributed by atoms with Crippen molar-refractivity contribution in [3.05, 3.63) is 28.0 Å². The van der Waals surface area contributed by atoms with Crippen LogP contribution in [-0.2, 0) is 7.05 Å².